The lowest BCUT2D eigenvalue weighted by atomic mass is 9.95. The molecule has 0 fully saturated rings. The number of rotatable bonds is 3. The van der Waals surface area contributed by atoms with Gasteiger partial charge in [0.2, 0.25) is 0 Å². The first-order valence-corrected chi connectivity index (χ1v) is 5.80. The molecule has 0 aromatic heterocycles. The first-order chi connectivity index (χ1) is 8.43. The molecular weight excluding hydrogens is 237 g/mol. The Bertz CT molecular complexity index is 480. The molecule has 18 heavy (non-hydrogen) atoms. The van der Waals surface area contributed by atoms with E-state index in [9.17, 15) is 9.18 Å². The van der Waals surface area contributed by atoms with E-state index in [-0.39, 0.29) is 17.9 Å². The normalized spacial score (nSPS) is 14.4. The van der Waals surface area contributed by atoms with Crippen molar-refractivity contribution in [3.05, 3.63) is 23.3 Å². The van der Waals surface area contributed by atoms with Crippen LogP contribution in [0.4, 0.5) is 4.39 Å². The van der Waals surface area contributed by atoms with Crippen molar-refractivity contribution < 1.29 is 18.7 Å². The van der Waals surface area contributed by atoms with Crippen molar-refractivity contribution in [1.82, 2.24) is 0 Å². The Kier molecular flexibility index (Phi) is 3.26. The maximum absolute atomic E-state index is 14.0. The highest BCUT2D eigenvalue weighted by Gasteiger charge is 2.27. The molecule has 1 aromatic carbocycles. The van der Waals surface area contributed by atoms with E-state index in [0.717, 1.165) is 0 Å². The Labute approximate surface area is 105 Å². The number of carbonyl (C=O) groups excluding carboxylic acids is 1. The second-order valence-electron chi connectivity index (χ2n) is 4.65. The number of nitrogens with two attached hydrogens (primary N) is 1. The highest BCUT2D eigenvalue weighted by Crippen LogP contribution is 2.39. The number of ether oxygens (including phenoxy) is 2. The van der Waals surface area contributed by atoms with Gasteiger partial charge in [-0.05, 0) is 31.5 Å². The molecule has 0 aliphatic carbocycles. The second kappa shape index (κ2) is 4.57. The third-order valence-electron chi connectivity index (χ3n) is 2.81. The Morgan fingerprint density at radius 1 is 1.39 bits per heavy atom. The van der Waals surface area contributed by atoms with E-state index in [1.807, 2.05) is 0 Å². The van der Waals surface area contributed by atoms with Gasteiger partial charge in [-0.1, -0.05) is 0 Å². The summed E-state index contributed by atoms with van der Waals surface area (Å²) in [5.74, 6) is 0.480. The molecule has 0 atom stereocenters. The number of Topliss-reactive ketones (excluding diaryl/α,β-unsaturated/α-hetero) is 1. The highest BCUT2D eigenvalue weighted by atomic mass is 19.1. The van der Waals surface area contributed by atoms with Crippen molar-refractivity contribution in [1.29, 1.82) is 0 Å². The number of alkyl halides is 1. The molecule has 2 rings (SSSR count). The van der Waals surface area contributed by atoms with Crippen LogP contribution in [-0.4, -0.2) is 25.5 Å². The molecule has 0 spiro atoms. The molecule has 4 nitrogen and oxygen atoms in total. The van der Waals surface area contributed by atoms with Crippen molar-refractivity contribution in [2.75, 3.05) is 19.8 Å². The van der Waals surface area contributed by atoms with Gasteiger partial charge < -0.3 is 15.2 Å². The number of ketones is 1. The van der Waals surface area contributed by atoms with E-state index in [4.69, 9.17) is 15.2 Å². The van der Waals surface area contributed by atoms with Gasteiger partial charge in [-0.2, -0.15) is 0 Å². The summed E-state index contributed by atoms with van der Waals surface area (Å²) in [6.07, 6.45) is 0. The summed E-state index contributed by atoms with van der Waals surface area (Å²) in [6.45, 7) is 3.46. The maximum atomic E-state index is 14.0. The van der Waals surface area contributed by atoms with Gasteiger partial charge in [-0.3, -0.25) is 4.79 Å². The third kappa shape index (κ3) is 2.31. The Hall–Kier alpha value is -1.62. The van der Waals surface area contributed by atoms with Gasteiger partial charge in [0.1, 0.15) is 18.9 Å². The fourth-order valence-corrected chi connectivity index (χ4v) is 1.81. The van der Waals surface area contributed by atoms with Gasteiger partial charge in [0.25, 0.3) is 0 Å². The largest absolute Gasteiger partial charge is 0.486 e. The van der Waals surface area contributed by atoms with E-state index in [1.165, 1.54) is 19.9 Å². The minimum Gasteiger partial charge on any atom is -0.486 e. The van der Waals surface area contributed by atoms with Crippen molar-refractivity contribution >= 4 is 5.78 Å². The first kappa shape index (κ1) is 12.8. The minimum atomic E-state index is -1.56. The molecule has 0 bridgehead atoms. The average Bonchev–Trinajstić information content (AvgIpc) is 2.35. The summed E-state index contributed by atoms with van der Waals surface area (Å²) in [4.78, 5) is 11.8. The summed E-state index contributed by atoms with van der Waals surface area (Å²) in [5, 5.41) is 0. The van der Waals surface area contributed by atoms with Gasteiger partial charge in [0.05, 0.1) is 12.1 Å². The van der Waals surface area contributed by atoms with Crippen molar-refractivity contribution in [3.8, 4) is 11.5 Å². The number of halogens is 1. The lowest BCUT2D eigenvalue weighted by molar-refractivity contribution is 0.0989. The predicted molar refractivity (Wildman–Crippen MR) is 65.0 cm³/mol. The number of hydrogen-bond donors (Lipinski definition) is 1. The number of fused-ring (bicyclic) bond motifs is 1. The van der Waals surface area contributed by atoms with Gasteiger partial charge in [-0.15, -0.1) is 0 Å². The molecule has 0 saturated carbocycles. The zero-order valence-corrected chi connectivity index (χ0v) is 10.5. The van der Waals surface area contributed by atoms with Crippen molar-refractivity contribution in [3.63, 3.8) is 0 Å². The smallest absolute Gasteiger partial charge is 0.180 e. The Morgan fingerprint density at radius 3 is 2.67 bits per heavy atom. The van der Waals surface area contributed by atoms with Crippen LogP contribution in [0.5, 0.6) is 11.5 Å². The molecule has 0 unspecified atom stereocenters. The maximum Gasteiger partial charge on any atom is 0.180 e. The van der Waals surface area contributed by atoms with E-state index in [2.05, 4.69) is 0 Å². The van der Waals surface area contributed by atoms with Crippen LogP contribution in [0.2, 0.25) is 0 Å². The van der Waals surface area contributed by atoms with Crippen molar-refractivity contribution in [2.24, 2.45) is 5.73 Å². The fourth-order valence-electron chi connectivity index (χ4n) is 1.81. The highest BCUT2D eigenvalue weighted by molar-refractivity contribution is 6.01. The van der Waals surface area contributed by atoms with E-state index in [1.54, 1.807) is 6.07 Å². The molecular formula is C13H16FNO3. The van der Waals surface area contributed by atoms with Crippen LogP contribution in [0.15, 0.2) is 12.1 Å². The number of carbonyl (C=O) groups is 1. The quantitative estimate of drug-likeness (QED) is 0.834. The van der Waals surface area contributed by atoms with Gasteiger partial charge >= 0.3 is 0 Å². The monoisotopic (exact) mass is 253 g/mol. The van der Waals surface area contributed by atoms with Crippen LogP contribution < -0.4 is 15.2 Å². The summed E-state index contributed by atoms with van der Waals surface area (Å²) in [7, 11) is 0. The lowest BCUT2D eigenvalue weighted by Gasteiger charge is -2.24. The average molecular weight is 253 g/mol. The van der Waals surface area contributed by atoms with Crippen LogP contribution in [0.1, 0.15) is 29.8 Å². The SMILES string of the molecule is CC(C)(F)c1cc2c(c(C(=O)CN)c1)OCCO2. The van der Waals surface area contributed by atoms with Crippen LogP contribution >= 0.6 is 0 Å². The fraction of sp³-hybridized carbons (Fsp3) is 0.462. The lowest BCUT2D eigenvalue weighted by Crippen LogP contribution is -2.22. The summed E-state index contributed by atoms with van der Waals surface area (Å²) in [5.41, 5.74) is 4.47. The molecule has 1 aromatic rings. The van der Waals surface area contributed by atoms with Crippen LogP contribution in [0.25, 0.3) is 0 Å². The van der Waals surface area contributed by atoms with Gasteiger partial charge in [-0.25, -0.2) is 4.39 Å². The Balaban J connectivity index is 2.58. The topological polar surface area (TPSA) is 61.6 Å². The second-order valence-corrected chi connectivity index (χ2v) is 4.65. The van der Waals surface area contributed by atoms with E-state index < -0.39 is 5.67 Å². The predicted octanol–water partition coefficient (Wildman–Crippen LogP) is 1.80. The zero-order valence-electron chi connectivity index (χ0n) is 10.5. The van der Waals surface area contributed by atoms with Gasteiger partial charge in [0.15, 0.2) is 17.3 Å². The molecule has 98 valence electrons. The van der Waals surface area contributed by atoms with E-state index in [0.29, 0.717) is 30.3 Å². The Morgan fingerprint density at radius 2 is 2.06 bits per heavy atom. The van der Waals surface area contributed by atoms with Crippen molar-refractivity contribution in [2.45, 2.75) is 19.5 Å². The summed E-state index contributed by atoms with van der Waals surface area (Å²) >= 11 is 0. The zero-order chi connectivity index (χ0) is 13.3. The van der Waals surface area contributed by atoms with Crippen LogP contribution in [-0.2, 0) is 5.67 Å². The molecule has 0 amide bonds. The summed E-state index contributed by atoms with van der Waals surface area (Å²) in [6, 6.07) is 3.06. The van der Waals surface area contributed by atoms with E-state index >= 15 is 0 Å². The van der Waals surface area contributed by atoms with Crippen LogP contribution in [0, 0.1) is 0 Å². The molecule has 5 heteroatoms. The number of hydrogen-bond acceptors (Lipinski definition) is 4. The molecule has 0 radical (unpaired) electrons. The molecule has 2 N–H and O–H groups in total. The standard InChI is InChI=1S/C13H16FNO3/c1-13(2,14)8-5-9(10(16)7-15)12-11(6-8)17-3-4-18-12/h5-6H,3-4,7,15H2,1-2H3. The molecule has 1 aliphatic rings. The molecule has 1 heterocycles. The number of benzene rings is 1. The minimum absolute atomic E-state index is 0.147. The summed E-state index contributed by atoms with van der Waals surface area (Å²) < 4.78 is 24.8. The first-order valence-electron chi connectivity index (χ1n) is 5.80. The third-order valence-corrected chi connectivity index (χ3v) is 2.81. The molecule has 1 aliphatic heterocycles. The van der Waals surface area contributed by atoms with Gasteiger partial charge in [0, 0.05) is 0 Å². The van der Waals surface area contributed by atoms with Crippen LogP contribution in [0.3, 0.4) is 0 Å². The molecule has 0 saturated heterocycles.